The monoisotopic (exact) mass is 164 g/mol. The first kappa shape index (κ1) is 6.71. The number of rotatable bonds is 0. The number of hydrogen-bond donors (Lipinski definition) is 3. The van der Waals surface area contributed by atoms with Crippen molar-refractivity contribution in [1.29, 1.82) is 0 Å². The SMILES string of the molecule is Nc1cc2ncc(N)n2nc1N. The predicted octanol–water partition coefficient (Wildman–Crippen LogP) is -0.524. The van der Waals surface area contributed by atoms with E-state index >= 15 is 0 Å². The Hall–Kier alpha value is -1.98. The molecule has 2 aromatic heterocycles. The lowest BCUT2D eigenvalue weighted by atomic mass is 10.4. The van der Waals surface area contributed by atoms with Crippen LogP contribution in [-0.4, -0.2) is 14.6 Å². The molecule has 12 heavy (non-hydrogen) atoms. The summed E-state index contributed by atoms with van der Waals surface area (Å²) < 4.78 is 1.44. The summed E-state index contributed by atoms with van der Waals surface area (Å²) >= 11 is 0. The summed E-state index contributed by atoms with van der Waals surface area (Å²) in [6, 6.07) is 1.62. The maximum Gasteiger partial charge on any atom is 0.167 e. The minimum atomic E-state index is 0.257. The molecule has 6 N–H and O–H groups in total. The fourth-order valence-electron chi connectivity index (χ4n) is 0.960. The van der Waals surface area contributed by atoms with Gasteiger partial charge < -0.3 is 17.2 Å². The minimum Gasteiger partial charge on any atom is -0.396 e. The third-order valence-corrected chi connectivity index (χ3v) is 1.58. The zero-order chi connectivity index (χ0) is 8.72. The molecule has 6 heteroatoms. The van der Waals surface area contributed by atoms with E-state index < -0.39 is 0 Å². The third-order valence-electron chi connectivity index (χ3n) is 1.58. The van der Waals surface area contributed by atoms with Gasteiger partial charge in [-0.15, -0.1) is 5.10 Å². The maximum atomic E-state index is 5.54. The topological polar surface area (TPSA) is 108 Å². The van der Waals surface area contributed by atoms with Crippen molar-refractivity contribution in [3.8, 4) is 0 Å². The van der Waals surface area contributed by atoms with Crippen LogP contribution in [0.25, 0.3) is 5.65 Å². The third kappa shape index (κ3) is 0.746. The van der Waals surface area contributed by atoms with Gasteiger partial charge in [-0.3, -0.25) is 0 Å². The summed E-state index contributed by atoms with van der Waals surface area (Å²) in [5.41, 5.74) is 17.5. The molecular formula is C6H8N6. The Morgan fingerprint density at radius 3 is 2.75 bits per heavy atom. The fraction of sp³-hybridized carbons (Fsp3) is 0. The van der Waals surface area contributed by atoms with Gasteiger partial charge in [0, 0.05) is 6.07 Å². The molecule has 0 spiro atoms. The molecule has 0 fully saturated rings. The molecule has 0 aliphatic carbocycles. The van der Waals surface area contributed by atoms with Gasteiger partial charge in [-0.25, -0.2) is 4.98 Å². The second-order valence-corrected chi connectivity index (χ2v) is 2.44. The number of hydrogen-bond acceptors (Lipinski definition) is 5. The van der Waals surface area contributed by atoms with Gasteiger partial charge in [0.15, 0.2) is 11.5 Å². The molecule has 0 saturated carbocycles. The van der Waals surface area contributed by atoms with E-state index in [0.717, 1.165) is 0 Å². The Morgan fingerprint density at radius 1 is 1.25 bits per heavy atom. The second-order valence-electron chi connectivity index (χ2n) is 2.44. The molecule has 0 unspecified atom stereocenters. The summed E-state index contributed by atoms with van der Waals surface area (Å²) in [5, 5.41) is 3.92. The van der Waals surface area contributed by atoms with E-state index in [4.69, 9.17) is 17.2 Å². The van der Waals surface area contributed by atoms with Crippen LogP contribution in [0.5, 0.6) is 0 Å². The Morgan fingerprint density at radius 2 is 2.00 bits per heavy atom. The van der Waals surface area contributed by atoms with E-state index in [0.29, 0.717) is 17.2 Å². The summed E-state index contributed by atoms with van der Waals surface area (Å²) in [7, 11) is 0. The van der Waals surface area contributed by atoms with Crippen molar-refractivity contribution >= 4 is 23.0 Å². The van der Waals surface area contributed by atoms with Gasteiger partial charge in [0.2, 0.25) is 0 Å². The number of anilines is 3. The predicted molar refractivity (Wildman–Crippen MR) is 46.2 cm³/mol. The average molecular weight is 164 g/mol. The van der Waals surface area contributed by atoms with E-state index in [9.17, 15) is 0 Å². The number of nitrogens with two attached hydrogens (primary N) is 3. The summed E-state index contributed by atoms with van der Waals surface area (Å²) in [6.45, 7) is 0. The maximum absolute atomic E-state index is 5.54. The van der Waals surface area contributed by atoms with Crippen molar-refractivity contribution in [2.45, 2.75) is 0 Å². The lowest BCUT2D eigenvalue weighted by molar-refractivity contribution is 0.958. The minimum absolute atomic E-state index is 0.257. The van der Waals surface area contributed by atoms with E-state index in [2.05, 4.69) is 10.1 Å². The van der Waals surface area contributed by atoms with Crippen LogP contribution in [0.2, 0.25) is 0 Å². The summed E-state index contributed by atoms with van der Waals surface area (Å²) in [4.78, 5) is 3.96. The number of aromatic nitrogens is 3. The molecule has 0 aliphatic heterocycles. The Labute approximate surface area is 68.0 Å². The zero-order valence-electron chi connectivity index (χ0n) is 6.23. The van der Waals surface area contributed by atoms with Crippen molar-refractivity contribution in [2.75, 3.05) is 17.2 Å². The molecule has 62 valence electrons. The molecule has 0 saturated heterocycles. The Balaban J connectivity index is 2.87. The van der Waals surface area contributed by atoms with E-state index in [1.807, 2.05) is 0 Å². The standard InChI is InChI=1S/C6H8N6/c7-3-1-5-10-2-4(8)12(5)11-6(3)9/h1-2H,7-8H2,(H2,9,11). The first-order valence-corrected chi connectivity index (χ1v) is 3.33. The lowest BCUT2D eigenvalue weighted by Gasteiger charge is -1.99. The molecule has 0 aromatic carbocycles. The van der Waals surface area contributed by atoms with Crippen LogP contribution in [0, 0.1) is 0 Å². The van der Waals surface area contributed by atoms with Gasteiger partial charge in [0.25, 0.3) is 0 Å². The largest absolute Gasteiger partial charge is 0.396 e. The molecule has 0 radical (unpaired) electrons. The molecule has 2 rings (SSSR count). The first-order chi connectivity index (χ1) is 5.68. The van der Waals surface area contributed by atoms with Gasteiger partial charge in [0.05, 0.1) is 11.9 Å². The van der Waals surface area contributed by atoms with E-state index in [1.54, 1.807) is 6.07 Å². The lowest BCUT2D eigenvalue weighted by Crippen LogP contribution is -2.04. The fourth-order valence-corrected chi connectivity index (χ4v) is 0.960. The Bertz CT molecular complexity index is 431. The molecule has 2 heterocycles. The van der Waals surface area contributed by atoms with E-state index in [-0.39, 0.29) is 5.82 Å². The van der Waals surface area contributed by atoms with Crippen LogP contribution >= 0.6 is 0 Å². The van der Waals surface area contributed by atoms with Crippen LogP contribution in [-0.2, 0) is 0 Å². The van der Waals surface area contributed by atoms with Gasteiger partial charge in [-0.2, -0.15) is 4.52 Å². The van der Waals surface area contributed by atoms with Gasteiger partial charge in [-0.05, 0) is 0 Å². The van der Waals surface area contributed by atoms with Crippen molar-refractivity contribution in [3.63, 3.8) is 0 Å². The molecule has 2 aromatic rings. The van der Waals surface area contributed by atoms with Crippen LogP contribution in [0.15, 0.2) is 12.3 Å². The van der Waals surface area contributed by atoms with Gasteiger partial charge in [-0.1, -0.05) is 0 Å². The van der Waals surface area contributed by atoms with Crippen LogP contribution in [0.4, 0.5) is 17.3 Å². The van der Waals surface area contributed by atoms with Crippen molar-refractivity contribution in [2.24, 2.45) is 0 Å². The average Bonchev–Trinajstić information content (AvgIpc) is 2.35. The van der Waals surface area contributed by atoms with E-state index in [1.165, 1.54) is 10.7 Å². The number of nitrogens with zero attached hydrogens (tertiary/aromatic N) is 3. The van der Waals surface area contributed by atoms with Crippen molar-refractivity contribution < 1.29 is 0 Å². The molecule has 0 atom stereocenters. The molecular weight excluding hydrogens is 156 g/mol. The van der Waals surface area contributed by atoms with Crippen molar-refractivity contribution in [1.82, 2.24) is 14.6 Å². The smallest absolute Gasteiger partial charge is 0.167 e. The first-order valence-electron chi connectivity index (χ1n) is 3.33. The molecule has 6 nitrogen and oxygen atoms in total. The van der Waals surface area contributed by atoms with Gasteiger partial charge in [0.1, 0.15) is 5.82 Å². The summed E-state index contributed by atoms with van der Waals surface area (Å²) in [5.74, 6) is 0.698. The number of nitrogen functional groups attached to an aromatic ring is 3. The Kier molecular flexibility index (Phi) is 1.12. The van der Waals surface area contributed by atoms with Crippen LogP contribution in [0.3, 0.4) is 0 Å². The number of fused-ring (bicyclic) bond motifs is 1. The van der Waals surface area contributed by atoms with Crippen LogP contribution in [0.1, 0.15) is 0 Å². The zero-order valence-corrected chi connectivity index (χ0v) is 6.23. The van der Waals surface area contributed by atoms with Gasteiger partial charge >= 0.3 is 0 Å². The van der Waals surface area contributed by atoms with Crippen molar-refractivity contribution in [3.05, 3.63) is 12.3 Å². The highest BCUT2D eigenvalue weighted by molar-refractivity contribution is 5.64. The summed E-state index contributed by atoms with van der Waals surface area (Å²) in [6.07, 6.45) is 1.50. The second kappa shape index (κ2) is 2.00. The molecule has 0 amide bonds. The van der Waals surface area contributed by atoms with Crippen LogP contribution < -0.4 is 17.2 Å². The quantitative estimate of drug-likeness (QED) is 0.485. The highest BCUT2D eigenvalue weighted by Crippen LogP contribution is 2.14. The number of imidazole rings is 1. The molecule has 0 aliphatic rings. The highest BCUT2D eigenvalue weighted by atomic mass is 15.3. The normalized spacial score (nSPS) is 10.7. The molecule has 0 bridgehead atoms. The highest BCUT2D eigenvalue weighted by Gasteiger charge is 2.03.